The van der Waals surface area contributed by atoms with Crippen molar-refractivity contribution in [3.63, 3.8) is 0 Å². The van der Waals surface area contributed by atoms with Crippen molar-refractivity contribution < 1.29 is 4.79 Å². The molecule has 2 rings (SSSR count). The smallest absolute Gasteiger partial charge is 0.224 e. The number of nitrogens with one attached hydrogen (secondary N) is 1. The minimum atomic E-state index is -0.00842. The predicted octanol–water partition coefficient (Wildman–Crippen LogP) is 2.58. The van der Waals surface area contributed by atoms with Gasteiger partial charge in [0.25, 0.3) is 0 Å². The Labute approximate surface area is 116 Å². The Hall–Kier alpha value is -0.870. The predicted molar refractivity (Wildman–Crippen MR) is 75.9 cm³/mol. The molecule has 0 heterocycles. The molecule has 18 heavy (non-hydrogen) atoms. The number of nitrogens with two attached hydrogens (primary N) is 1. The van der Waals surface area contributed by atoms with Gasteiger partial charge in [0, 0.05) is 17.1 Å². The van der Waals surface area contributed by atoms with Crippen LogP contribution in [0.2, 0.25) is 0 Å². The molecule has 98 valence electrons. The van der Waals surface area contributed by atoms with Crippen LogP contribution in [0.25, 0.3) is 0 Å². The van der Waals surface area contributed by atoms with Crippen LogP contribution in [0.5, 0.6) is 0 Å². The Bertz CT molecular complexity index is 422. The van der Waals surface area contributed by atoms with E-state index in [1.807, 2.05) is 24.3 Å². The molecule has 1 aliphatic rings. The number of hydrogen-bond donors (Lipinski definition) is 2. The first-order chi connectivity index (χ1) is 8.66. The molecule has 1 saturated carbocycles. The molecule has 1 amide bonds. The van der Waals surface area contributed by atoms with Gasteiger partial charge in [-0.15, -0.1) is 0 Å². The topological polar surface area (TPSA) is 55.1 Å². The molecule has 0 saturated heterocycles. The highest BCUT2D eigenvalue weighted by atomic mass is 79.9. The molecule has 1 aliphatic carbocycles. The second-order valence-electron chi connectivity index (χ2n) is 4.90. The zero-order valence-electron chi connectivity index (χ0n) is 10.4. The molecule has 3 N–H and O–H groups in total. The van der Waals surface area contributed by atoms with E-state index in [-0.39, 0.29) is 17.9 Å². The third-order valence-electron chi connectivity index (χ3n) is 3.51. The van der Waals surface area contributed by atoms with E-state index in [0.717, 1.165) is 35.7 Å². The number of carbonyl (C=O) groups excluding carboxylic acids is 1. The zero-order valence-corrected chi connectivity index (χ0v) is 11.9. The standard InChI is InChI=1S/C14H19BrN2O/c15-11-5-3-4-10(8-11)9-17-14(18)12-6-1-2-7-13(12)16/h3-5,8,12-13H,1-2,6-7,9,16H2,(H,17,18). The van der Waals surface area contributed by atoms with E-state index < -0.39 is 0 Å². The minimum absolute atomic E-state index is 0.00842. The summed E-state index contributed by atoms with van der Waals surface area (Å²) in [6, 6.07) is 7.99. The van der Waals surface area contributed by atoms with Gasteiger partial charge in [-0.25, -0.2) is 0 Å². The van der Waals surface area contributed by atoms with Crippen LogP contribution in [0.3, 0.4) is 0 Å². The van der Waals surface area contributed by atoms with Crippen LogP contribution in [-0.2, 0) is 11.3 Å². The average Bonchev–Trinajstić information content (AvgIpc) is 2.37. The second kappa shape index (κ2) is 6.34. The number of benzene rings is 1. The van der Waals surface area contributed by atoms with Crippen LogP contribution in [0.1, 0.15) is 31.2 Å². The van der Waals surface area contributed by atoms with Gasteiger partial charge in [-0.2, -0.15) is 0 Å². The number of halogens is 1. The van der Waals surface area contributed by atoms with Gasteiger partial charge < -0.3 is 11.1 Å². The summed E-state index contributed by atoms with van der Waals surface area (Å²) in [7, 11) is 0. The number of rotatable bonds is 3. The summed E-state index contributed by atoms with van der Waals surface area (Å²) in [6.07, 6.45) is 4.15. The summed E-state index contributed by atoms with van der Waals surface area (Å²) in [5, 5.41) is 2.99. The monoisotopic (exact) mass is 310 g/mol. The van der Waals surface area contributed by atoms with Crippen molar-refractivity contribution in [1.29, 1.82) is 0 Å². The number of carbonyl (C=O) groups is 1. The Morgan fingerprint density at radius 1 is 1.39 bits per heavy atom. The first-order valence-electron chi connectivity index (χ1n) is 6.44. The zero-order chi connectivity index (χ0) is 13.0. The van der Waals surface area contributed by atoms with E-state index in [0.29, 0.717) is 6.54 Å². The lowest BCUT2D eigenvalue weighted by Gasteiger charge is -2.27. The second-order valence-corrected chi connectivity index (χ2v) is 5.82. The van der Waals surface area contributed by atoms with Crippen LogP contribution in [0, 0.1) is 5.92 Å². The molecule has 0 aromatic heterocycles. The lowest BCUT2D eigenvalue weighted by molar-refractivity contribution is -0.126. The summed E-state index contributed by atoms with van der Waals surface area (Å²) < 4.78 is 1.03. The maximum atomic E-state index is 12.1. The lowest BCUT2D eigenvalue weighted by Crippen LogP contribution is -2.43. The number of amides is 1. The molecule has 1 fully saturated rings. The van der Waals surface area contributed by atoms with E-state index in [4.69, 9.17) is 5.73 Å². The molecule has 1 aromatic rings. The van der Waals surface area contributed by atoms with Crippen molar-refractivity contribution >= 4 is 21.8 Å². The van der Waals surface area contributed by atoms with Crippen molar-refractivity contribution in [1.82, 2.24) is 5.32 Å². The SMILES string of the molecule is NC1CCCCC1C(=O)NCc1cccc(Br)c1. The minimum Gasteiger partial charge on any atom is -0.352 e. The molecule has 0 aliphatic heterocycles. The highest BCUT2D eigenvalue weighted by Crippen LogP contribution is 2.23. The fraction of sp³-hybridized carbons (Fsp3) is 0.500. The Morgan fingerprint density at radius 2 is 2.17 bits per heavy atom. The van der Waals surface area contributed by atoms with E-state index in [1.54, 1.807) is 0 Å². The lowest BCUT2D eigenvalue weighted by atomic mass is 9.84. The van der Waals surface area contributed by atoms with Crippen LogP contribution >= 0.6 is 15.9 Å². The molecule has 2 unspecified atom stereocenters. The highest BCUT2D eigenvalue weighted by molar-refractivity contribution is 9.10. The summed E-state index contributed by atoms with van der Waals surface area (Å²) in [5.41, 5.74) is 7.10. The van der Waals surface area contributed by atoms with Gasteiger partial charge in [-0.05, 0) is 30.5 Å². The highest BCUT2D eigenvalue weighted by Gasteiger charge is 2.27. The molecule has 2 atom stereocenters. The third-order valence-corrected chi connectivity index (χ3v) is 4.01. The van der Waals surface area contributed by atoms with Gasteiger partial charge in [-0.3, -0.25) is 4.79 Å². The molecule has 0 radical (unpaired) electrons. The Morgan fingerprint density at radius 3 is 2.89 bits per heavy atom. The summed E-state index contributed by atoms with van der Waals surface area (Å²) in [4.78, 5) is 12.1. The van der Waals surface area contributed by atoms with Crippen molar-refractivity contribution in [3.05, 3.63) is 34.3 Å². The number of hydrogen-bond acceptors (Lipinski definition) is 2. The molecule has 3 nitrogen and oxygen atoms in total. The van der Waals surface area contributed by atoms with Crippen molar-refractivity contribution in [2.24, 2.45) is 11.7 Å². The van der Waals surface area contributed by atoms with E-state index >= 15 is 0 Å². The van der Waals surface area contributed by atoms with Gasteiger partial charge in [-0.1, -0.05) is 40.9 Å². The van der Waals surface area contributed by atoms with Crippen molar-refractivity contribution in [2.45, 2.75) is 38.3 Å². The fourth-order valence-electron chi connectivity index (χ4n) is 2.45. The third kappa shape index (κ3) is 3.56. The van der Waals surface area contributed by atoms with Crippen LogP contribution < -0.4 is 11.1 Å². The largest absolute Gasteiger partial charge is 0.352 e. The summed E-state index contributed by atoms with van der Waals surface area (Å²) >= 11 is 3.42. The summed E-state index contributed by atoms with van der Waals surface area (Å²) in [5.74, 6) is 0.0908. The molecular formula is C14H19BrN2O. The molecule has 4 heteroatoms. The van der Waals surface area contributed by atoms with Gasteiger partial charge >= 0.3 is 0 Å². The molecule has 0 spiro atoms. The quantitative estimate of drug-likeness (QED) is 0.901. The van der Waals surface area contributed by atoms with Gasteiger partial charge in [0.05, 0.1) is 5.92 Å². The fourth-order valence-corrected chi connectivity index (χ4v) is 2.90. The van der Waals surface area contributed by atoms with Crippen molar-refractivity contribution in [2.75, 3.05) is 0 Å². The van der Waals surface area contributed by atoms with E-state index in [9.17, 15) is 4.79 Å². The average molecular weight is 311 g/mol. The van der Waals surface area contributed by atoms with Crippen LogP contribution in [0.15, 0.2) is 28.7 Å². The Kier molecular flexibility index (Phi) is 4.78. The first kappa shape index (κ1) is 13.6. The van der Waals surface area contributed by atoms with Gasteiger partial charge in [0.2, 0.25) is 5.91 Å². The van der Waals surface area contributed by atoms with Gasteiger partial charge in [0.1, 0.15) is 0 Å². The molecule has 1 aromatic carbocycles. The van der Waals surface area contributed by atoms with E-state index in [1.165, 1.54) is 0 Å². The van der Waals surface area contributed by atoms with Crippen LogP contribution in [0.4, 0.5) is 0 Å². The van der Waals surface area contributed by atoms with Crippen molar-refractivity contribution in [3.8, 4) is 0 Å². The van der Waals surface area contributed by atoms with E-state index in [2.05, 4.69) is 21.2 Å². The first-order valence-corrected chi connectivity index (χ1v) is 7.24. The molecular weight excluding hydrogens is 292 g/mol. The molecule has 0 bridgehead atoms. The summed E-state index contributed by atoms with van der Waals surface area (Å²) in [6.45, 7) is 0.571. The normalized spacial score (nSPS) is 23.7. The maximum absolute atomic E-state index is 12.1. The maximum Gasteiger partial charge on any atom is 0.224 e. The van der Waals surface area contributed by atoms with Gasteiger partial charge in [0.15, 0.2) is 0 Å². The Balaban J connectivity index is 1.88. The van der Waals surface area contributed by atoms with Crippen LogP contribution in [-0.4, -0.2) is 11.9 Å².